The largest absolute Gasteiger partial charge is 0.338 e. The number of imidazole rings is 1. The van der Waals surface area contributed by atoms with Crippen LogP contribution in [-0.2, 0) is 6.54 Å². The van der Waals surface area contributed by atoms with Crippen LogP contribution < -0.4 is 0 Å². The monoisotopic (exact) mass is 362 g/mol. The van der Waals surface area contributed by atoms with Gasteiger partial charge < -0.3 is 14.0 Å². The fourth-order valence-electron chi connectivity index (χ4n) is 4.22. The van der Waals surface area contributed by atoms with E-state index in [0.717, 1.165) is 55.1 Å². The molecule has 1 amide bonds. The first-order chi connectivity index (χ1) is 13.1. The van der Waals surface area contributed by atoms with Crippen molar-refractivity contribution in [3.8, 4) is 5.69 Å². The van der Waals surface area contributed by atoms with Gasteiger partial charge in [0.15, 0.2) is 0 Å². The Morgan fingerprint density at radius 2 is 2.04 bits per heavy atom. The van der Waals surface area contributed by atoms with Crippen LogP contribution in [0, 0.1) is 19.8 Å². The van der Waals surface area contributed by atoms with Crippen molar-refractivity contribution in [2.24, 2.45) is 5.92 Å². The Labute approximate surface area is 160 Å². The highest BCUT2D eigenvalue weighted by Crippen LogP contribution is 2.25. The molecule has 4 rings (SSSR count). The lowest BCUT2D eigenvalue weighted by Gasteiger charge is -2.33. The molecule has 3 heterocycles. The molecular formula is C22H26N4O. The van der Waals surface area contributed by atoms with Gasteiger partial charge in [-0.15, -0.1) is 0 Å². The molecule has 3 aromatic rings. The van der Waals surface area contributed by atoms with E-state index >= 15 is 0 Å². The van der Waals surface area contributed by atoms with E-state index in [0.29, 0.717) is 5.92 Å². The van der Waals surface area contributed by atoms with E-state index in [1.165, 1.54) is 0 Å². The Hall–Kier alpha value is -2.82. The maximum Gasteiger partial charge on any atom is 0.255 e. The van der Waals surface area contributed by atoms with Crippen molar-refractivity contribution in [1.29, 1.82) is 0 Å². The van der Waals surface area contributed by atoms with Crippen LogP contribution in [0.2, 0.25) is 0 Å². The van der Waals surface area contributed by atoms with Gasteiger partial charge >= 0.3 is 0 Å². The lowest BCUT2D eigenvalue weighted by molar-refractivity contribution is 0.0661. The van der Waals surface area contributed by atoms with Crippen LogP contribution in [0.5, 0.6) is 0 Å². The summed E-state index contributed by atoms with van der Waals surface area (Å²) in [6.45, 7) is 6.68. The molecule has 2 aromatic heterocycles. The van der Waals surface area contributed by atoms with E-state index in [9.17, 15) is 4.79 Å². The van der Waals surface area contributed by atoms with Crippen LogP contribution >= 0.6 is 0 Å². The topological polar surface area (TPSA) is 43.1 Å². The predicted molar refractivity (Wildman–Crippen MR) is 106 cm³/mol. The van der Waals surface area contributed by atoms with Gasteiger partial charge in [0.25, 0.3) is 5.91 Å². The first-order valence-electron chi connectivity index (χ1n) is 9.63. The molecule has 0 spiro atoms. The van der Waals surface area contributed by atoms with Crippen molar-refractivity contribution < 1.29 is 4.79 Å². The van der Waals surface area contributed by atoms with Crippen molar-refractivity contribution in [3.63, 3.8) is 0 Å². The number of hydrogen-bond acceptors (Lipinski definition) is 2. The number of piperidine rings is 1. The van der Waals surface area contributed by atoms with Crippen LogP contribution in [0.3, 0.4) is 0 Å². The normalized spacial score (nSPS) is 17.3. The van der Waals surface area contributed by atoms with Gasteiger partial charge in [-0.25, -0.2) is 4.98 Å². The fourth-order valence-corrected chi connectivity index (χ4v) is 4.22. The average molecular weight is 362 g/mol. The number of carbonyl (C=O) groups excluding carboxylic acids is 1. The number of aromatic nitrogens is 3. The minimum absolute atomic E-state index is 0.153. The van der Waals surface area contributed by atoms with Gasteiger partial charge in [0.2, 0.25) is 0 Å². The smallest absolute Gasteiger partial charge is 0.255 e. The summed E-state index contributed by atoms with van der Waals surface area (Å²) in [5, 5.41) is 0. The summed E-state index contributed by atoms with van der Waals surface area (Å²) in [4.78, 5) is 19.4. The zero-order valence-electron chi connectivity index (χ0n) is 16.0. The van der Waals surface area contributed by atoms with Gasteiger partial charge in [0.05, 0.1) is 11.9 Å². The van der Waals surface area contributed by atoms with Crippen molar-refractivity contribution in [1.82, 2.24) is 19.0 Å². The lowest BCUT2D eigenvalue weighted by atomic mass is 9.97. The zero-order valence-corrected chi connectivity index (χ0v) is 16.0. The molecule has 0 N–H and O–H groups in total. The number of likely N-dealkylation sites (tertiary alicyclic amines) is 1. The molecule has 0 radical (unpaired) electrons. The standard InChI is InChI=1S/C22H26N4O/c1-17-13-21(18(2)26(17)20-8-4-3-5-9-20)22(27)25-11-6-7-19(15-25)14-24-12-10-23-16-24/h3-5,8-10,12-13,16,19H,6-7,11,14-15H2,1-2H3/t19-/m1/s1. The summed E-state index contributed by atoms with van der Waals surface area (Å²) in [5.74, 6) is 0.634. The van der Waals surface area contributed by atoms with E-state index < -0.39 is 0 Å². The second kappa shape index (κ2) is 7.43. The molecule has 27 heavy (non-hydrogen) atoms. The van der Waals surface area contributed by atoms with Gasteiger partial charge in [-0.2, -0.15) is 0 Å². The number of rotatable bonds is 4. The number of carbonyl (C=O) groups is 1. The van der Waals surface area contributed by atoms with Crippen LogP contribution in [0.25, 0.3) is 5.69 Å². The number of amides is 1. The second-order valence-corrected chi connectivity index (χ2v) is 7.47. The van der Waals surface area contributed by atoms with Crippen molar-refractivity contribution in [3.05, 3.63) is 72.1 Å². The SMILES string of the molecule is Cc1cc(C(=O)N2CCC[C@H](Cn3ccnc3)C2)c(C)n1-c1ccccc1. The van der Waals surface area contributed by atoms with Crippen molar-refractivity contribution >= 4 is 5.91 Å². The minimum Gasteiger partial charge on any atom is -0.338 e. The summed E-state index contributed by atoms with van der Waals surface area (Å²) >= 11 is 0. The summed E-state index contributed by atoms with van der Waals surface area (Å²) in [6, 6.07) is 12.3. The number of benzene rings is 1. The first kappa shape index (κ1) is 17.6. The van der Waals surface area contributed by atoms with E-state index in [4.69, 9.17) is 0 Å². The highest BCUT2D eigenvalue weighted by atomic mass is 16.2. The van der Waals surface area contributed by atoms with Crippen LogP contribution in [0.15, 0.2) is 55.1 Å². The second-order valence-electron chi connectivity index (χ2n) is 7.47. The third kappa shape index (κ3) is 3.54. The van der Waals surface area contributed by atoms with Crippen LogP contribution in [0.1, 0.15) is 34.6 Å². The molecule has 0 aliphatic carbocycles. The molecule has 0 bridgehead atoms. The number of aryl methyl sites for hydroxylation is 1. The molecule has 1 aliphatic rings. The summed E-state index contributed by atoms with van der Waals surface area (Å²) < 4.78 is 4.28. The van der Waals surface area contributed by atoms with Crippen LogP contribution in [0.4, 0.5) is 0 Å². The Bertz CT molecular complexity index is 911. The molecule has 0 unspecified atom stereocenters. The maximum absolute atomic E-state index is 13.3. The van der Waals surface area contributed by atoms with Gasteiger partial charge in [-0.05, 0) is 50.8 Å². The number of para-hydroxylation sites is 1. The van der Waals surface area contributed by atoms with Gasteiger partial charge in [-0.3, -0.25) is 4.79 Å². The van der Waals surface area contributed by atoms with E-state index in [1.54, 1.807) is 0 Å². The van der Waals surface area contributed by atoms with E-state index in [2.05, 4.69) is 33.2 Å². The third-order valence-electron chi connectivity index (χ3n) is 5.51. The summed E-state index contributed by atoms with van der Waals surface area (Å²) in [7, 11) is 0. The molecule has 0 saturated carbocycles. The van der Waals surface area contributed by atoms with Crippen molar-refractivity contribution in [2.75, 3.05) is 13.1 Å². The average Bonchev–Trinajstić information content (AvgIpc) is 3.29. The molecule has 1 aromatic carbocycles. The molecule has 5 heteroatoms. The minimum atomic E-state index is 0.153. The highest BCUT2D eigenvalue weighted by Gasteiger charge is 2.27. The van der Waals surface area contributed by atoms with Crippen molar-refractivity contribution in [2.45, 2.75) is 33.2 Å². The number of nitrogens with zero attached hydrogens (tertiary/aromatic N) is 4. The molecule has 1 atom stereocenters. The molecular weight excluding hydrogens is 336 g/mol. The Balaban J connectivity index is 1.54. The molecule has 1 fully saturated rings. The maximum atomic E-state index is 13.3. The number of hydrogen-bond donors (Lipinski definition) is 0. The lowest BCUT2D eigenvalue weighted by Crippen LogP contribution is -2.41. The molecule has 1 saturated heterocycles. The van der Waals surface area contributed by atoms with Gasteiger partial charge in [-0.1, -0.05) is 18.2 Å². The Morgan fingerprint density at radius 1 is 1.22 bits per heavy atom. The molecule has 5 nitrogen and oxygen atoms in total. The van der Waals surface area contributed by atoms with Gasteiger partial charge in [0, 0.05) is 49.1 Å². The highest BCUT2D eigenvalue weighted by molar-refractivity contribution is 5.96. The van der Waals surface area contributed by atoms with E-state index in [1.807, 2.05) is 54.8 Å². The Kier molecular flexibility index (Phi) is 4.84. The third-order valence-corrected chi connectivity index (χ3v) is 5.51. The summed E-state index contributed by atoms with van der Waals surface area (Å²) in [5.41, 5.74) is 4.03. The first-order valence-corrected chi connectivity index (χ1v) is 9.63. The Morgan fingerprint density at radius 3 is 2.78 bits per heavy atom. The summed E-state index contributed by atoms with van der Waals surface area (Å²) in [6.07, 6.45) is 7.88. The molecule has 1 aliphatic heterocycles. The molecule has 140 valence electrons. The predicted octanol–water partition coefficient (Wildman–Crippen LogP) is 3.84. The fraction of sp³-hybridized carbons (Fsp3) is 0.364. The zero-order chi connectivity index (χ0) is 18.8. The quantitative estimate of drug-likeness (QED) is 0.708. The van der Waals surface area contributed by atoms with Gasteiger partial charge in [0.1, 0.15) is 0 Å². The van der Waals surface area contributed by atoms with E-state index in [-0.39, 0.29) is 5.91 Å². The van der Waals surface area contributed by atoms with Crippen LogP contribution in [-0.4, -0.2) is 38.0 Å².